The van der Waals surface area contributed by atoms with Crippen molar-refractivity contribution in [3.05, 3.63) is 30.1 Å². The van der Waals surface area contributed by atoms with Gasteiger partial charge in [-0.15, -0.1) is 0 Å². The molecule has 2 rings (SSSR count). The van der Waals surface area contributed by atoms with Gasteiger partial charge in [0.25, 0.3) is 0 Å². The minimum Gasteiger partial charge on any atom is -0.331 e. The van der Waals surface area contributed by atoms with Gasteiger partial charge < -0.3 is 9.88 Å². The summed E-state index contributed by atoms with van der Waals surface area (Å²) in [4.78, 5) is 4.77. The molecule has 3 heteroatoms. The summed E-state index contributed by atoms with van der Waals surface area (Å²) in [6, 6.07) is 8.90. The maximum atomic E-state index is 4.77. The molecule has 1 aromatic carbocycles. The maximum Gasteiger partial charge on any atom is 0.111 e. The van der Waals surface area contributed by atoms with Gasteiger partial charge in [0, 0.05) is 19.5 Å². The Kier molecular flexibility index (Phi) is 4.97. The molecule has 3 nitrogen and oxygen atoms in total. The normalized spacial score (nSPS) is 13.0. The van der Waals surface area contributed by atoms with Crippen molar-refractivity contribution in [1.82, 2.24) is 14.9 Å². The molecule has 1 heterocycles. The number of unbranched alkanes of at least 4 members (excludes halogenated alkanes) is 1. The van der Waals surface area contributed by atoms with Crippen LogP contribution in [0.1, 0.15) is 38.9 Å². The molecule has 19 heavy (non-hydrogen) atoms. The van der Waals surface area contributed by atoms with Crippen LogP contribution in [0.25, 0.3) is 11.0 Å². The molecule has 0 aliphatic heterocycles. The van der Waals surface area contributed by atoms with E-state index in [0.29, 0.717) is 6.04 Å². The Balaban J connectivity index is 2.16. The van der Waals surface area contributed by atoms with Gasteiger partial charge in [-0.05, 0) is 25.1 Å². The molecule has 0 amide bonds. The lowest BCUT2D eigenvalue weighted by Crippen LogP contribution is -2.31. The molecular weight excluding hydrogens is 234 g/mol. The quantitative estimate of drug-likeness (QED) is 0.827. The van der Waals surface area contributed by atoms with Crippen LogP contribution >= 0.6 is 0 Å². The number of nitrogens with one attached hydrogen (secondary N) is 1. The largest absolute Gasteiger partial charge is 0.331 e. The fourth-order valence-electron chi connectivity index (χ4n) is 2.61. The predicted molar refractivity (Wildman–Crippen MR) is 81.4 cm³/mol. The Hall–Kier alpha value is -1.35. The van der Waals surface area contributed by atoms with Gasteiger partial charge in [-0.2, -0.15) is 0 Å². The molecular formula is C16H25N3. The highest BCUT2D eigenvalue weighted by molar-refractivity contribution is 5.75. The van der Waals surface area contributed by atoms with Crippen LogP contribution in [0, 0.1) is 0 Å². The fraction of sp³-hybridized carbons (Fsp3) is 0.562. The van der Waals surface area contributed by atoms with E-state index in [4.69, 9.17) is 4.98 Å². The summed E-state index contributed by atoms with van der Waals surface area (Å²) in [6.45, 7) is 5.45. The van der Waals surface area contributed by atoms with Crippen molar-refractivity contribution in [2.24, 2.45) is 7.05 Å². The van der Waals surface area contributed by atoms with Crippen LogP contribution in [0.2, 0.25) is 0 Å². The van der Waals surface area contributed by atoms with E-state index in [1.165, 1.54) is 30.6 Å². The van der Waals surface area contributed by atoms with E-state index in [9.17, 15) is 0 Å². The minimum atomic E-state index is 0.542. The van der Waals surface area contributed by atoms with Gasteiger partial charge in [0.15, 0.2) is 0 Å². The lowest BCUT2D eigenvalue weighted by atomic mass is 10.1. The summed E-state index contributed by atoms with van der Waals surface area (Å²) in [5.41, 5.74) is 2.33. The average molecular weight is 259 g/mol. The highest BCUT2D eigenvalue weighted by Gasteiger charge is 2.13. The first-order valence-corrected chi connectivity index (χ1v) is 7.40. The number of benzene rings is 1. The number of hydrogen-bond acceptors (Lipinski definition) is 2. The van der Waals surface area contributed by atoms with Crippen LogP contribution in [-0.2, 0) is 13.5 Å². The topological polar surface area (TPSA) is 29.9 Å². The van der Waals surface area contributed by atoms with Crippen LogP contribution in [0.3, 0.4) is 0 Å². The molecule has 0 saturated heterocycles. The van der Waals surface area contributed by atoms with Crippen molar-refractivity contribution in [3.63, 3.8) is 0 Å². The Bertz CT molecular complexity index is 516. The second-order valence-corrected chi connectivity index (χ2v) is 5.18. The number of nitrogens with zero attached hydrogens (tertiary/aromatic N) is 2. The zero-order valence-electron chi connectivity index (χ0n) is 12.3. The molecule has 0 aliphatic carbocycles. The molecule has 1 atom stereocenters. The van der Waals surface area contributed by atoms with E-state index in [0.717, 1.165) is 18.5 Å². The third-order valence-electron chi connectivity index (χ3n) is 3.71. The Labute approximate surface area is 116 Å². The third kappa shape index (κ3) is 3.35. The van der Waals surface area contributed by atoms with Crippen molar-refractivity contribution in [2.75, 3.05) is 6.54 Å². The summed E-state index contributed by atoms with van der Waals surface area (Å²) >= 11 is 0. The average Bonchev–Trinajstić information content (AvgIpc) is 2.74. The second-order valence-electron chi connectivity index (χ2n) is 5.18. The summed E-state index contributed by atoms with van der Waals surface area (Å²) in [5, 5.41) is 3.58. The van der Waals surface area contributed by atoms with Crippen LogP contribution < -0.4 is 5.32 Å². The number of aryl methyl sites for hydroxylation is 1. The van der Waals surface area contributed by atoms with Crippen molar-refractivity contribution < 1.29 is 0 Å². The molecule has 2 aromatic rings. The Morgan fingerprint density at radius 3 is 2.74 bits per heavy atom. The van der Waals surface area contributed by atoms with Crippen molar-refractivity contribution in [1.29, 1.82) is 0 Å². The Morgan fingerprint density at radius 2 is 2.05 bits per heavy atom. The third-order valence-corrected chi connectivity index (χ3v) is 3.71. The van der Waals surface area contributed by atoms with Crippen molar-refractivity contribution in [3.8, 4) is 0 Å². The number of aromatic nitrogens is 2. The SMILES string of the molecule is CCCCC(Cc1nc2ccccc2n1C)NCC. The number of imidazole rings is 1. The van der Waals surface area contributed by atoms with Crippen molar-refractivity contribution in [2.45, 2.75) is 45.6 Å². The summed E-state index contributed by atoms with van der Waals surface area (Å²) < 4.78 is 2.23. The highest BCUT2D eigenvalue weighted by Crippen LogP contribution is 2.16. The van der Waals surface area contributed by atoms with Gasteiger partial charge in [-0.3, -0.25) is 0 Å². The number of likely N-dealkylation sites (N-methyl/N-ethyl adjacent to an activating group) is 1. The van der Waals surface area contributed by atoms with Gasteiger partial charge in [0.1, 0.15) is 5.82 Å². The van der Waals surface area contributed by atoms with E-state index >= 15 is 0 Å². The van der Waals surface area contributed by atoms with Crippen LogP contribution in [0.15, 0.2) is 24.3 Å². The maximum absolute atomic E-state index is 4.77. The van der Waals surface area contributed by atoms with E-state index < -0.39 is 0 Å². The molecule has 1 N–H and O–H groups in total. The number of hydrogen-bond donors (Lipinski definition) is 1. The van der Waals surface area contributed by atoms with Crippen LogP contribution in [0.4, 0.5) is 0 Å². The summed E-state index contributed by atoms with van der Waals surface area (Å²) in [5.74, 6) is 1.18. The molecule has 0 radical (unpaired) electrons. The highest BCUT2D eigenvalue weighted by atomic mass is 15.1. The molecule has 104 valence electrons. The number of rotatable bonds is 7. The monoisotopic (exact) mass is 259 g/mol. The van der Waals surface area contributed by atoms with E-state index in [2.05, 4.69) is 55.0 Å². The molecule has 0 saturated carbocycles. The van der Waals surface area contributed by atoms with Gasteiger partial charge in [0.05, 0.1) is 11.0 Å². The van der Waals surface area contributed by atoms with E-state index in [-0.39, 0.29) is 0 Å². The second kappa shape index (κ2) is 6.71. The zero-order valence-corrected chi connectivity index (χ0v) is 12.3. The van der Waals surface area contributed by atoms with Gasteiger partial charge in [-0.25, -0.2) is 4.98 Å². The zero-order chi connectivity index (χ0) is 13.7. The lowest BCUT2D eigenvalue weighted by Gasteiger charge is -2.17. The predicted octanol–water partition coefficient (Wildman–Crippen LogP) is 3.28. The van der Waals surface area contributed by atoms with Gasteiger partial charge >= 0.3 is 0 Å². The first-order valence-electron chi connectivity index (χ1n) is 7.40. The molecule has 0 fully saturated rings. The molecule has 0 aliphatic rings. The standard InChI is InChI=1S/C16H25N3/c1-4-6-9-13(17-5-2)12-16-18-14-10-7-8-11-15(14)19(16)3/h7-8,10-11,13,17H,4-6,9,12H2,1-3H3. The fourth-order valence-corrected chi connectivity index (χ4v) is 2.61. The van der Waals surface area contributed by atoms with Crippen LogP contribution in [0.5, 0.6) is 0 Å². The molecule has 0 spiro atoms. The van der Waals surface area contributed by atoms with E-state index in [1.54, 1.807) is 0 Å². The first-order chi connectivity index (χ1) is 9.26. The first kappa shape index (κ1) is 14.1. The Morgan fingerprint density at radius 1 is 1.26 bits per heavy atom. The number of para-hydroxylation sites is 2. The molecule has 1 aromatic heterocycles. The van der Waals surface area contributed by atoms with Crippen LogP contribution in [-0.4, -0.2) is 22.1 Å². The molecule has 1 unspecified atom stereocenters. The van der Waals surface area contributed by atoms with Gasteiger partial charge in [-0.1, -0.05) is 38.8 Å². The van der Waals surface area contributed by atoms with Gasteiger partial charge in [0.2, 0.25) is 0 Å². The smallest absolute Gasteiger partial charge is 0.111 e. The minimum absolute atomic E-state index is 0.542. The summed E-state index contributed by atoms with van der Waals surface area (Å²) in [7, 11) is 2.12. The lowest BCUT2D eigenvalue weighted by molar-refractivity contribution is 0.462. The number of fused-ring (bicyclic) bond motifs is 1. The molecule has 0 bridgehead atoms. The summed E-state index contributed by atoms with van der Waals surface area (Å²) in [6.07, 6.45) is 4.78. The van der Waals surface area contributed by atoms with Crippen molar-refractivity contribution >= 4 is 11.0 Å². The van der Waals surface area contributed by atoms with E-state index in [1.807, 2.05) is 0 Å².